The maximum Gasteiger partial charge on any atom is 0.263 e. The number of aryl methyl sites for hydroxylation is 1. The van der Waals surface area contributed by atoms with Gasteiger partial charge in [-0.15, -0.1) is 0 Å². The molecule has 1 unspecified atom stereocenters. The van der Waals surface area contributed by atoms with Gasteiger partial charge in [0.1, 0.15) is 11.9 Å². The van der Waals surface area contributed by atoms with Crippen molar-refractivity contribution in [3.05, 3.63) is 58.0 Å². The van der Waals surface area contributed by atoms with Crippen molar-refractivity contribution in [2.75, 3.05) is 19.7 Å². The van der Waals surface area contributed by atoms with Crippen molar-refractivity contribution in [2.24, 2.45) is 0 Å². The number of ether oxygens (including phenoxy) is 1. The highest BCUT2D eigenvalue weighted by molar-refractivity contribution is 5.95. The molecule has 7 nitrogen and oxygen atoms in total. The third kappa shape index (κ3) is 3.85. The first-order chi connectivity index (χ1) is 13.6. The maximum atomic E-state index is 13.1. The van der Waals surface area contributed by atoms with Gasteiger partial charge in [0, 0.05) is 43.7 Å². The van der Waals surface area contributed by atoms with Crippen molar-refractivity contribution in [1.82, 2.24) is 19.4 Å². The summed E-state index contributed by atoms with van der Waals surface area (Å²) in [6, 6.07) is 3.80. The van der Waals surface area contributed by atoms with Crippen LogP contribution in [-0.2, 0) is 11.3 Å². The van der Waals surface area contributed by atoms with E-state index in [0.29, 0.717) is 31.1 Å². The highest BCUT2D eigenvalue weighted by Crippen LogP contribution is 2.27. The summed E-state index contributed by atoms with van der Waals surface area (Å²) >= 11 is 0. The smallest absolute Gasteiger partial charge is 0.263 e. The van der Waals surface area contributed by atoms with E-state index in [-0.39, 0.29) is 17.6 Å². The first-order valence-corrected chi connectivity index (χ1v) is 10.0. The molecular weight excluding hydrogens is 356 g/mol. The quantitative estimate of drug-likeness (QED) is 0.810. The predicted molar refractivity (Wildman–Crippen MR) is 104 cm³/mol. The van der Waals surface area contributed by atoms with Crippen LogP contribution in [0.5, 0.6) is 0 Å². The zero-order chi connectivity index (χ0) is 19.5. The summed E-state index contributed by atoms with van der Waals surface area (Å²) in [5.74, 6) is 0.172. The van der Waals surface area contributed by atoms with Crippen LogP contribution in [0.3, 0.4) is 0 Å². The molecule has 0 aromatic carbocycles. The Morgan fingerprint density at radius 2 is 2.07 bits per heavy atom. The summed E-state index contributed by atoms with van der Waals surface area (Å²) in [5.41, 5.74) is 1.84. The normalized spacial score (nSPS) is 20.5. The fourth-order valence-electron chi connectivity index (χ4n) is 4.16. The second kappa shape index (κ2) is 8.22. The molecule has 7 heteroatoms. The molecule has 2 aliphatic heterocycles. The van der Waals surface area contributed by atoms with E-state index in [1.807, 2.05) is 19.1 Å². The molecule has 2 fully saturated rings. The van der Waals surface area contributed by atoms with Gasteiger partial charge in [-0.1, -0.05) is 0 Å². The van der Waals surface area contributed by atoms with Gasteiger partial charge < -0.3 is 14.2 Å². The van der Waals surface area contributed by atoms with Gasteiger partial charge in [-0.3, -0.25) is 9.59 Å². The molecule has 0 N–H and O–H groups in total. The number of hydrogen-bond acceptors (Lipinski definition) is 5. The van der Waals surface area contributed by atoms with Crippen molar-refractivity contribution in [2.45, 2.75) is 51.2 Å². The average Bonchev–Trinajstić information content (AvgIpc) is 3.24. The lowest BCUT2D eigenvalue weighted by atomic mass is 9.93. The summed E-state index contributed by atoms with van der Waals surface area (Å²) < 4.78 is 7.28. The maximum absolute atomic E-state index is 13.1. The molecule has 2 saturated heterocycles. The van der Waals surface area contributed by atoms with Gasteiger partial charge in [-0.05, 0) is 50.3 Å². The van der Waals surface area contributed by atoms with Gasteiger partial charge >= 0.3 is 0 Å². The molecule has 0 spiro atoms. The van der Waals surface area contributed by atoms with Gasteiger partial charge in [0.05, 0.1) is 12.6 Å². The average molecular weight is 382 g/mol. The first-order valence-electron chi connectivity index (χ1n) is 10.0. The van der Waals surface area contributed by atoms with Crippen LogP contribution in [0.4, 0.5) is 0 Å². The molecule has 0 aliphatic carbocycles. The Morgan fingerprint density at radius 3 is 2.75 bits per heavy atom. The highest BCUT2D eigenvalue weighted by atomic mass is 16.5. The zero-order valence-corrected chi connectivity index (χ0v) is 16.2. The number of pyridine rings is 1. The van der Waals surface area contributed by atoms with E-state index in [0.717, 1.165) is 43.5 Å². The van der Waals surface area contributed by atoms with Crippen molar-refractivity contribution in [1.29, 1.82) is 0 Å². The predicted octanol–water partition coefficient (Wildman–Crippen LogP) is 2.15. The van der Waals surface area contributed by atoms with Gasteiger partial charge in [0.2, 0.25) is 0 Å². The van der Waals surface area contributed by atoms with Gasteiger partial charge in [-0.25, -0.2) is 9.97 Å². The first kappa shape index (κ1) is 18.8. The van der Waals surface area contributed by atoms with E-state index in [4.69, 9.17) is 4.74 Å². The van der Waals surface area contributed by atoms with Crippen molar-refractivity contribution in [3.63, 3.8) is 0 Å². The van der Waals surface area contributed by atoms with Crippen LogP contribution in [0, 0.1) is 6.92 Å². The van der Waals surface area contributed by atoms with Crippen LogP contribution in [0.1, 0.15) is 53.2 Å². The Kier molecular flexibility index (Phi) is 5.52. The third-order valence-electron chi connectivity index (χ3n) is 5.82. The van der Waals surface area contributed by atoms with E-state index in [1.54, 1.807) is 28.2 Å². The summed E-state index contributed by atoms with van der Waals surface area (Å²) in [6.45, 7) is 4.35. The van der Waals surface area contributed by atoms with Crippen molar-refractivity contribution in [3.8, 4) is 0 Å². The minimum atomic E-state index is -0.210. The Bertz CT molecular complexity index is 882. The van der Waals surface area contributed by atoms with E-state index in [1.165, 1.54) is 0 Å². The molecule has 0 bridgehead atoms. The minimum absolute atomic E-state index is 0.0620. The molecule has 1 atom stereocenters. The third-order valence-corrected chi connectivity index (χ3v) is 5.82. The number of nitrogens with zero attached hydrogens (tertiary/aromatic N) is 4. The van der Waals surface area contributed by atoms with Gasteiger partial charge in [0.25, 0.3) is 11.5 Å². The SMILES string of the molecule is Cc1ccn(CC2CCCO2)c(=O)c1C(=O)N1CCC(c2ccncn2)CC1. The Hall–Kier alpha value is -2.54. The topological polar surface area (TPSA) is 77.3 Å². The number of carbonyl (C=O) groups is 1. The van der Waals surface area contributed by atoms with Crippen LogP contribution in [0.25, 0.3) is 0 Å². The Labute approximate surface area is 164 Å². The molecule has 0 saturated carbocycles. The van der Waals surface area contributed by atoms with E-state index < -0.39 is 0 Å². The molecule has 28 heavy (non-hydrogen) atoms. The number of aromatic nitrogens is 3. The number of likely N-dealkylation sites (tertiary alicyclic amines) is 1. The molecule has 4 heterocycles. The van der Waals surface area contributed by atoms with E-state index in [2.05, 4.69) is 9.97 Å². The molecule has 148 valence electrons. The molecule has 2 aromatic heterocycles. The monoisotopic (exact) mass is 382 g/mol. The Balaban J connectivity index is 1.48. The standard InChI is InChI=1S/C21H26N4O3/c1-15-5-9-25(13-17-3-2-12-28-17)21(27)19(15)20(26)24-10-6-16(7-11-24)18-4-8-22-14-23-18/h4-5,8-9,14,16-17H,2-3,6-7,10-13H2,1H3. The largest absolute Gasteiger partial charge is 0.376 e. The zero-order valence-electron chi connectivity index (χ0n) is 16.2. The van der Waals surface area contributed by atoms with Crippen LogP contribution < -0.4 is 5.56 Å². The van der Waals surface area contributed by atoms with Crippen LogP contribution in [0.15, 0.2) is 35.6 Å². The number of rotatable bonds is 4. The molecule has 1 amide bonds. The van der Waals surface area contributed by atoms with E-state index >= 15 is 0 Å². The second-order valence-electron chi connectivity index (χ2n) is 7.67. The summed E-state index contributed by atoms with van der Waals surface area (Å²) in [5, 5.41) is 0. The van der Waals surface area contributed by atoms with Crippen molar-refractivity contribution >= 4 is 5.91 Å². The Morgan fingerprint density at radius 1 is 1.25 bits per heavy atom. The molecule has 0 radical (unpaired) electrons. The fourth-order valence-corrected chi connectivity index (χ4v) is 4.16. The minimum Gasteiger partial charge on any atom is -0.376 e. The van der Waals surface area contributed by atoms with Crippen molar-refractivity contribution < 1.29 is 9.53 Å². The summed E-state index contributed by atoms with van der Waals surface area (Å²) in [4.78, 5) is 36.2. The second-order valence-corrected chi connectivity index (χ2v) is 7.67. The molecular formula is C21H26N4O3. The molecule has 4 rings (SSSR count). The number of amides is 1. The number of carbonyl (C=O) groups excluding carboxylic acids is 1. The van der Waals surface area contributed by atoms with Gasteiger partial charge in [0.15, 0.2) is 0 Å². The van der Waals surface area contributed by atoms with E-state index in [9.17, 15) is 9.59 Å². The molecule has 2 aromatic rings. The lowest BCUT2D eigenvalue weighted by Crippen LogP contribution is -2.42. The van der Waals surface area contributed by atoms with Crippen LogP contribution in [0.2, 0.25) is 0 Å². The van der Waals surface area contributed by atoms with Crippen LogP contribution >= 0.6 is 0 Å². The lowest BCUT2D eigenvalue weighted by Gasteiger charge is -2.32. The lowest BCUT2D eigenvalue weighted by molar-refractivity contribution is 0.0706. The van der Waals surface area contributed by atoms with Gasteiger partial charge in [-0.2, -0.15) is 0 Å². The number of hydrogen-bond donors (Lipinski definition) is 0. The fraction of sp³-hybridized carbons (Fsp3) is 0.524. The molecule has 2 aliphatic rings. The summed E-state index contributed by atoms with van der Waals surface area (Å²) in [6.07, 6.45) is 8.83. The summed E-state index contributed by atoms with van der Waals surface area (Å²) in [7, 11) is 0. The number of piperidine rings is 1. The van der Waals surface area contributed by atoms with Crippen LogP contribution in [-0.4, -0.2) is 51.1 Å². The highest BCUT2D eigenvalue weighted by Gasteiger charge is 2.28.